The zero-order chi connectivity index (χ0) is 10.7. The summed E-state index contributed by atoms with van der Waals surface area (Å²) in [6.07, 6.45) is 1.58. The third-order valence-corrected chi connectivity index (χ3v) is 0.987. The smallest absolute Gasteiger partial charge is 0.140 e. The monoisotopic (exact) mass is 184 g/mol. The second-order valence-corrected chi connectivity index (χ2v) is 1.74. The molecule has 1 rings (SSSR count). The van der Waals surface area contributed by atoms with E-state index in [0.717, 1.165) is 11.4 Å². The Hall–Kier alpha value is -1.12. The zero-order valence-electron chi connectivity index (χ0n) is 9.46. The van der Waals surface area contributed by atoms with Gasteiger partial charge in [0, 0.05) is 6.07 Å². The lowest BCUT2D eigenvalue weighted by Gasteiger charge is -1.95. The molecule has 3 heteroatoms. The van der Waals surface area contributed by atoms with E-state index in [2.05, 4.69) is 10.2 Å². The summed E-state index contributed by atoms with van der Waals surface area (Å²) in [6.45, 7) is 9.87. The van der Waals surface area contributed by atoms with Crippen LogP contribution in [0.5, 0.6) is 5.75 Å². The molecule has 0 fully saturated rings. The Kier molecular flexibility index (Phi) is 12.1. The Balaban J connectivity index is 0. The van der Waals surface area contributed by atoms with Gasteiger partial charge in [0.05, 0.1) is 19.0 Å². The first-order valence-corrected chi connectivity index (χ1v) is 4.66. The maximum absolute atomic E-state index is 4.89. The van der Waals surface area contributed by atoms with Crippen LogP contribution >= 0.6 is 0 Å². The molecule has 1 aromatic rings. The first kappa shape index (κ1) is 14.4. The lowest BCUT2D eigenvalue weighted by molar-refractivity contribution is 0.411. The normalized spacial score (nSPS) is 7.23. The van der Waals surface area contributed by atoms with Gasteiger partial charge >= 0.3 is 0 Å². The highest BCUT2D eigenvalue weighted by Crippen LogP contribution is 2.05. The van der Waals surface area contributed by atoms with E-state index in [4.69, 9.17) is 4.74 Å². The van der Waals surface area contributed by atoms with Gasteiger partial charge in [0.2, 0.25) is 0 Å². The van der Waals surface area contributed by atoms with Crippen molar-refractivity contribution in [2.75, 3.05) is 7.11 Å². The number of hydrogen-bond donors (Lipinski definition) is 0. The van der Waals surface area contributed by atoms with Crippen LogP contribution in [0.2, 0.25) is 0 Å². The van der Waals surface area contributed by atoms with Gasteiger partial charge in [-0.25, -0.2) is 0 Å². The molecule has 0 aliphatic carbocycles. The molecule has 13 heavy (non-hydrogen) atoms. The Morgan fingerprint density at radius 3 is 2.00 bits per heavy atom. The maximum atomic E-state index is 4.89. The summed E-state index contributed by atoms with van der Waals surface area (Å²) >= 11 is 0. The number of aryl methyl sites for hydroxylation is 1. The van der Waals surface area contributed by atoms with Crippen molar-refractivity contribution in [1.82, 2.24) is 10.2 Å². The molecule has 0 radical (unpaired) electrons. The third kappa shape index (κ3) is 7.25. The fourth-order valence-corrected chi connectivity index (χ4v) is 0.560. The summed E-state index contributed by atoms with van der Waals surface area (Å²) in [5, 5.41) is 7.44. The summed E-state index contributed by atoms with van der Waals surface area (Å²) < 4.78 is 4.89. The van der Waals surface area contributed by atoms with Crippen LogP contribution in [0.4, 0.5) is 0 Å². The molecule has 0 N–H and O–H groups in total. The molecule has 1 heterocycles. The van der Waals surface area contributed by atoms with Crippen molar-refractivity contribution in [1.29, 1.82) is 0 Å². The van der Waals surface area contributed by atoms with Crippen LogP contribution in [0.3, 0.4) is 0 Å². The summed E-state index contributed by atoms with van der Waals surface area (Å²) in [5.74, 6) is 0.752. The van der Waals surface area contributed by atoms with Gasteiger partial charge in [-0.05, 0) is 6.92 Å². The van der Waals surface area contributed by atoms with Gasteiger partial charge in [0.25, 0.3) is 0 Å². The van der Waals surface area contributed by atoms with Gasteiger partial charge in [-0.3, -0.25) is 0 Å². The van der Waals surface area contributed by atoms with Crippen LogP contribution in [0.1, 0.15) is 33.4 Å². The van der Waals surface area contributed by atoms with Crippen LogP contribution in [0.15, 0.2) is 12.3 Å². The summed E-state index contributed by atoms with van der Waals surface area (Å²) in [7, 11) is 1.61. The maximum Gasteiger partial charge on any atom is 0.140 e. The number of methoxy groups -OCH3 is 1. The standard InChI is InChI=1S/C6H8N2O.2C2H6/c1-5-3-6(9-2)4-7-8-5;2*1-2/h3-4H,1-2H3;2*1-2H3. The van der Waals surface area contributed by atoms with Crippen LogP contribution in [-0.4, -0.2) is 17.3 Å². The second kappa shape index (κ2) is 10.9. The predicted octanol–water partition coefficient (Wildman–Crippen LogP) is 2.85. The number of nitrogens with zero attached hydrogens (tertiary/aromatic N) is 2. The van der Waals surface area contributed by atoms with Crippen molar-refractivity contribution in [2.24, 2.45) is 0 Å². The van der Waals surface area contributed by atoms with Crippen molar-refractivity contribution >= 4 is 0 Å². The van der Waals surface area contributed by atoms with E-state index in [1.165, 1.54) is 0 Å². The van der Waals surface area contributed by atoms with Crippen LogP contribution in [0, 0.1) is 6.92 Å². The van der Waals surface area contributed by atoms with E-state index >= 15 is 0 Å². The fourth-order valence-electron chi connectivity index (χ4n) is 0.560. The average molecular weight is 184 g/mol. The van der Waals surface area contributed by atoms with E-state index in [9.17, 15) is 0 Å². The van der Waals surface area contributed by atoms with Crippen LogP contribution in [-0.2, 0) is 0 Å². The highest BCUT2D eigenvalue weighted by Gasteiger charge is 1.89. The molecular formula is C10H20N2O. The molecule has 0 atom stereocenters. The molecule has 0 saturated heterocycles. The second-order valence-electron chi connectivity index (χ2n) is 1.74. The number of hydrogen-bond acceptors (Lipinski definition) is 3. The predicted molar refractivity (Wildman–Crippen MR) is 56.0 cm³/mol. The molecule has 0 unspecified atom stereocenters. The highest BCUT2D eigenvalue weighted by atomic mass is 16.5. The Bertz CT molecular complexity index is 202. The van der Waals surface area contributed by atoms with Gasteiger partial charge < -0.3 is 4.74 Å². The highest BCUT2D eigenvalue weighted by molar-refractivity contribution is 5.17. The van der Waals surface area contributed by atoms with E-state index in [1.807, 2.05) is 40.7 Å². The minimum atomic E-state index is 0.752. The molecule has 0 aliphatic rings. The molecule has 0 aromatic carbocycles. The summed E-state index contributed by atoms with van der Waals surface area (Å²) in [5.41, 5.74) is 0.870. The average Bonchev–Trinajstić information content (AvgIpc) is 2.24. The lowest BCUT2D eigenvalue weighted by atomic mass is 10.4. The first-order chi connectivity index (χ1) is 6.33. The molecule has 0 bridgehead atoms. The molecule has 0 spiro atoms. The third-order valence-electron chi connectivity index (χ3n) is 0.987. The van der Waals surface area contributed by atoms with Gasteiger partial charge in [-0.1, -0.05) is 27.7 Å². The largest absolute Gasteiger partial charge is 0.495 e. The van der Waals surface area contributed by atoms with Crippen molar-refractivity contribution in [3.05, 3.63) is 18.0 Å². The minimum Gasteiger partial charge on any atom is -0.495 e. The van der Waals surface area contributed by atoms with Gasteiger partial charge in [-0.2, -0.15) is 10.2 Å². The topological polar surface area (TPSA) is 35.0 Å². The minimum absolute atomic E-state index is 0.752. The van der Waals surface area contributed by atoms with E-state index in [-0.39, 0.29) is 0 Å². The van der Waals surface area contributed by atoms with Crippen LogP contribution in [0.25, 0.3) is 0 Å². The molecular weight excluding hydrogens is 164 g/mol. The van der Waals surface area contributed by atoms with Crippen molar-refractivity contribution in [2.45, 2.75) is 34.6 Å². The van der Waals surface area contributed by atoms with Crippen molar-refractivity contribution < 1.29 is 4.74 Å². The van der Waals surface area contributed by atoms with Gasteiger partial charge in [0.1, 0.15) is 5.75 Å². The Morgan fingerprint density at radius 1 is 1.15 bits per heavy atom. The van der Waals surface area contributed by atoms with E-state index in [0.29, 0.717) is 0 Å². The van der Waals surface area contributed by atoms with E-state index < -0.39 is 0 Å². The molecule has 1 aromatic heterocycles. The van der Waals surface area contributed by atoms with Crippen LogP contribution < -0.4 is 4.74 Å². The van der Waals surface area contributed by atoms with Crippen molar-refractivity contribution in [3.8, 4) is 5.75 Å². The molecule has 0 aliphatic heterocycles. The molecule has 0 amide bonds. The van der Waals surface area contributed by atoms with Gasteiger partial charge in [-0.15, -0.1) is 0 Å². The summed E-state index contributed by atoms with van der Waals surface area (Å²) in [6, 6.07) is 1.83. The van der Waals surface area contributed by atoms with Gasteiger partial charge in [0.15, 0.2) is 0 Å². The van der Waals surface area contributed by atoms with Crippen molar-refractivity contribution in [3.63, 3.8) is 0 Å². The SMILES string of the molecule is CC.CC.COc1cnnc(C)c1. The van der Waals surface area contributed by atoms with E-state index in [1.54, 1.807) is 13.3 Å². The Morgan fingerprint density at radius 2 is 1.69 bits per heavy atom. The molecule has 76 valence electrons. The summed E-state index contributed by atoms with van der Waals surface area (Å²) in [4.78, 5) is 0. The molecule has 3 nitrogen and oxygen atoms in total. The number of aromatic nitrogens is 2. The molecule has 0 saturated carbocycles. The first-order valence-electron chi connectivity index (χ1n) is 4.66. The zero-order valence-corrected chi connectivity index (χ0v) is 9.46. The number of rotatable bonds is 1. The quantitative estimate of drug-likeness (QED) is 0.673. The fraction of sp³-hybridized carbons (Fsp3) is 0.600. The Labute approximate surface area is 81.2 Å². The number of ether oxygens (including phenoxy) is 1. The lowest BCUT2D eigenvalue weighted by Crippen LogP contribution is -1.88.